The molecule has 1 atom stereocenters. The smallest absolute Gasteiger partial charge is 0.0807 e. The molecule has 0 bridgehead atoms. The maximum Gasteiger partial charge on any atom is 0.0807 e. The van der Waals surface area contributed by atoms with Gasteiger partial charge in [-0.25, -0.2) is 0 Å². The van der Waals surface area contributed by atoms with Gasteiger partial charge in [0.1, 0.15) is 0 Å². The molecule has 0 aromatic rings. The van der Waals surface area contributed by atoms with Gasteiger partial charge in [-0.2, -0.15) is 0 Å². The normalized spacial score (nSPS) is 28.8. The third kappa shape index (κ3) is 1.78. The van der Waals surface area contributed by atoms with Crippen LogP contribution < -0.4 is 5.32 Å². The SMILES string of the molecule is CC1=CC2=C(CC1)NCCCC2O. The molecule has 13 heavy (non-hydrogen) atoms. The van der Waals surface area contributed by atoms with Gasteiger partial charge in [0.25, 0.3) is 0 Å². The Balaban J connectivity index is 2.29. The van der Waals surface area contributed by atoms with Gasteiger partial charge in [0.05, 0.1) is 6.10 Å². The topological polar surface area (TPSA) is 32.3 Å². The van der Waals surface area contributed by atoms with Crippen LogP contribution >= 0.6 is 0 Å². The summed E-state index contributed by atoms with van der Waals surface area (Å²) in [5.74, 6) is 0. The fourth-order valence-corrected chi connectivity index (χ4v) is 2.07. The number of hydrogen-bond acceptors (Lipinski definition) is 2. The molecule has 1 aliphatic carbocycles. The van der Waals surface area contributed by atoms with E-state index in [9.17, 15) is 5.11 Å². The molecule has 0 saturated carbocycles. The largest absolute Gasteiger partial charge is 0.388 e. The fraction of sp³-hybridized carbons (Fsp3) is 0.636. The molecule has 0 aromatic heterocycles. The third-order valence-corrected chi connectivity index (χ3v) is 2.87. The zero-order valence-corrected chi connectivity index (χ0v) is 8.14. The number of aliphatic hydroxyl groups is 1. The van der Waals surface area contributed by atoms with Crippen molar-refractivity contribution in [3.8, 4) is 0 Å². The summed E-state index contributed by atoms with van der Waals surface area (Å²) < 4.78 is 0. The Hall–Kier alpha value is -0.760. The minimum absolute atomic E-state index is 0.236. The second-order valence-electron chi connectivity index (χ2n) is 4.01. The average Bonchev–Trinajstić information content (AvgIpc) is 2.29. The van der Waals surface area contributed by atoms with Gasteiger partial charge < -0.3 is 10.4 Å². The highest BCUT2D eigenvalue weighted by atomic mass is 16.3. The van der Waals surface area contributed by atoms with Crippen LogP contribution in [-0.2, 0) is 0 Å². The molecule has 2 nitrogen and oxygen atoms in total. The maximum atomic E-state index is 9.86. The molecule has 2 aliphatic rings. The first-order valence-electron chi connectivity index (χ1n) is 5.09. The van der Waals surface area contributed by atoms with Gasteiger partial charge in [-0.3, -0.25) is 0 Å². The summed E-state index contributed by atoms with van der Waals surface area (Å²) >= 11 is 0. The molecule has 0 fully saturated rings. The number of rotatable bonds is 0. The van der Waals surface area contributed by atoms with Crippen LogP contribution in [0.3, 0.4) is 0 Å². The van der Waals surface area contributed by atoms with Gasteiger partial charge in [0.2, 0.25) is 0 Å². The lowest BCUT2D eigenvalue weighted by Crippen LogP contribution is -2.18. The highest BCUT2D eigenvalue weighted by Gasteiger charge is 2.20. The Labute approximate surface area is 79.3 Å². The Bertz CT molecular complexity index is 265. The Morgan fingerprint density at radius 2 is 2.31 bits per heavy atom. The predicted octanol–water partition coefficient (Wildman–Crippen LogP) is 1.72. The van der Waals surface area contributed by atoms with Crippen molar-refractivity contribution >= 4 is 0 Å². The van der Waals surface area contributed by atoms with E-state index >= 15 is 0 Å². The fourth-order valence-electron chi connectivity index (χ4n) is 2.07. The monoisotopic (exact) mass is 179 g/mol. The van der Waals surface area contributed by atoms with Gasteiger partial charge in [-0.05, 0) is 38.2 Å². The Morgan fingerprint density at radius 3 is 3.15 bits per heavy atom. The molecule has 2 rings (SSSR count). The van der Waals surface area contributed by atoms with E-state index < -0.39 is 0 Å². The summed E-state index contributed by atoms with van der Waals surface area (Å²) in [5.41, 5.74) is 3.80. The highest BCUT2D eigenvalue weighted by molar-refractivity contribution is 5.35. The second kappa shape index (κ2) is 3.54. The van der Waals surface area contributed by atoms with Crippen LogP contribution in [0.25, 0.3) is 0 Å². The van der Waals surface area contributed by atoms with Crippen molar-refractivity contribution in [2.45, 2.75) is 38.7 Å². The van der Waals surface area contributed by atoms with E-state index in [1.807, 2.05) is 0 Å². The van der Waals surface area contributed by atoms with Crippen molar-refractivity contribution < 1.29 is 5.11 Å². The van der Waals surface area contributed by atoms with E-state index in [1.54, 1.807) is 0 Å². The van der Waals surface area contributed by atoms with E-state index in [2.05, 4.69) is 18.3 Å². The molecule has 0 radical (unpaired) electrons. The van der Waals surface area contributed by atoms with Crippen molar-refractivity contribution in [1.82, 2.24) is 5.32 Å². The number of hydrogen-bond donors (Lipinski definition) is 2. The van der Waals surface area contributed by atoms with Crippen LogP contribution in [0.4, 0.5) is 0 Å². The molecule has 72 valence electrons. The first-order valence-corrected chi connectivity index (χ1v) is 5.09. The Kier molecular flexibility index (Phi) is 2.40. The minimum atomic E-state index is -0.236. The highest BCUT2D eigenvalue weighted by Crippen LogP contribution is 2.27. The zero-order valence-electron chi connectivity index (χ0n) is 8.14. The molecule has 1 unspecified atom stereocenters. The first kappa shape index (κ1) is 8.82. The van der Waals surface area contributed by atoms with Crippen LogP contribution in [0.1, 0.15) is 32.6 Å². The molecular weight excluding hydrogens is 162 g/mol. The molecule has 2 heteroatoms. The van der Waals surface area contributed by atoms with Crippen LogP contribution in [-0.4, -0.2) is 17.8 Å². The molecule has 1 aliphatic heterocycles. The van der Waals surface area contributed by atoms with E-state index in [0.29, 0.717) is 0 Å². The third-order valence-electron chi connectivity index (χ3n) is 2.87. The van der Waals surface area contributed by atoms with Crippen molar-refractivity contribution in [3.05, 3.63) is 22.9 Å². The van der Waals surface area contributed by atoms with E-state index in [1.165, 1.54) is 11.3 Å². The summed E-state index contributed by atoms with van der Waals surface area (Å²) in [6.45, 7) is 3.16. The van der Waals surface area contributed by atoms with E-state index in [4.69, 9.17) is 0 Å². The number of nitrogens with one attached hydrogen (secondary N) is 1. The molecule has 2 N–H and O–H groups in total. The summed E-state index contributed by atoms with van der Waals surface area (Å²) in [4.78, 5) is 0. The van der Waals surface area contributed by atoms with Crippen molar-refractivity contribution in [2.24, 2.45) is 0 Å². The van der Waals surface area contributed by atoms with Crippen molar-refractivity contribution in [2.75, 3.05) is 6.54 Å². The van der Waals surface area contributed by atoms with Crippen LogP contribution in [0.15, 0.2) is 22.9 Å². The van der Waals surface area contributed by atoms with Gasteiger partial charge in [0.15, 0.2) is 0 Å². The predicted molar refractivity (Wildman–Crippen MR) is 53.3 cm³/mol. The first-order chi connectivity index (χ1) is 6.27. The second-order valence-corrected chi connectivity index (χ2v) is 4.01. The lowest BCUT2D eigenvalue weighted by atomic mass is 9.93. The average molecular weight is 179 g/mol. The van der Waals surface area contributed by atoms with Crippen LogP contribution in [0.5, 0.6) is 0 Å². The maximum absolute atomic E-state index is 9.86. The summed E-state index contributed by atoms with van der Waals surface area (Å²) in [7, 11) is 0. The zero-order chi connectivity index (χ0) is 9.26. The summed E-state index contributed by atoms with van der Waals surface area (Å²) in [5, 5.41) is 13.3. The molecule has 1 heterocycles. The minimum Gasteiger partial charge on any atom is -0.388 e. The Morgan fingerprint density at radius 1 is 1.46 bits per heavy atom. The van der Waals surface area contributed by atoms with Crippen molar-refractivity contribution in [3.63, 3.8) is 0 Å². The number of allylic oxidation sites excluding steroid dienone is 2. The van der Waals surface area contributed by atoms with Gasteiger partial charge >= 0.3 is 0 Å². The molecule has 0 spiro atoms. The van der Waals surface area contributed by atoms with Gasteiger partial charge in [0, 0.05) is 12.2 Å². The summed E-state index contributed by atoms with van der Waals surface area (Å²) in [6.07, 6.45) is 6.10. The molecule has 0 aromatic carbocycles. The van der Waals surface area contributed by atoms with Gasteiger partial charge in [-0.1, -0.05) is 11.6 Å². The lowest BCUT2D eigenvalue weighted by molar-refractivity contribution is 0.203. The standard InChI is InChI=1S/C11H17NO/c1-8-4-5-10-9(7-8)11(13)3-2-6-12-10/h7,11-13H,2-6H2,1H3. The van der Waals surface area contributed by atoms with E-state index in [0.717, 1.165) is 37.8 Å². The van der Waals surface area contributed by atoms with Gasteiger partial charge in [-0.15, -0.1) is 0 Å². The quantitative estimate of drug-likeness (QED) is 0.593. The lowest BCUT2D eigenvalue weighted by Gasteiger charge is -2.20. The summed E-state index contributed by atoms with van der Waals surface area (Å²) in [6, 6.07) is 0. The molecular formula is C11H17NO. The molecule has 0 amide bonds. The van der Waals surface area contributed by atoms with Crippen LogP contribution in [0, 0.1) is 0 Å². The number of aliphatic hydroxyl groups excluding tert-OH is 1. The van der Waals surface area contributed by atoms with Crippen molar-refractivity contribution in [1.29, 1.82) is 0 Å². The van der Waals surface area contributed by atoms with E-state index in [-0.39, 0.29) is 6.10 Å². The van der Waals surface area contributed by atoms with Crippen LogP contribution in [0.2, 0.25) is 0 Å². The molecule has 0 saturated heterocycles.